The third kappa shape index (κ3) is 3.18. The summed E-state index contributed by atoms with van der Waals surface area (Å²) in [6, 6.07) is 6.07. The lowest BCUT2D eigenvalue weighted by Crippen LogP contribution is -2.30. The highest BCUT2D eigenvalue weighted by atomic mass is 16.7. The van der Waals surface area contributed by atoms with Crippen molar-refractivity contribution >= 4 is 0 Å². The van der Waals surface area contributed by atoms with Crippen LogP contribution in [0.2, 0.25) is 0 Å². The summed E-state index contributed by atoms with van der Waals surface area (Å²) in [5.74, 6) is 4.43. The first-order valence-electron chi connectivity index (χ1n) is 6.41. The maximum absolute atomic E-state index is 5.55. The van der Waals surface area contributed by atoms with Gasteiger partial charge in [-0.25, -0.2) is 0 Å². The Morgan fingerprint density at radius 3 is 3.00 bits per heavy atom. The van der Waals surface area contributed by atoms with Crippen molar-refractivity contribution in [3.05, 3.63) is 23.8 Å². The van der Waals surface area contributed by atoms with E-state index in [4.69, 9.17) is 15.9 Å². The molecule has 3 nitrogen and oxygen atoms in total. The van der Waals surface area contributed by atoms with Crippen molar-refractivity contribution < 1.29 is 9.47 Å². The molecule has 1 aliphatic rings. The lowest BCUT2D eigenvalue weighted by molar-refractivity contribution is 0.174. The molecule has 1 aliphatic heterocycles. The number of hydrogen-bond acceptors (Lipinski definition) is 3. The fourth-order valence-electron chi connectivity index (χ4n) is 1.95. The minimum Gasteiger partial charge on any atom is -0.454 e. The molecule has 0 spiro atoms. The van der Waals surface area contributed by atoms with Crippen molar-refractivity contribution in [3.8, 4) is 23.8 Å². The van der Waals surface area contributed by atoms with E-state index in [1.807, 2.05) is 18.2 Å². The minimum atomic E-state index is 0.0805. The van der Waals surface area contributed by atoms with Crippen molar-refractivity contribution in [1.82, 2.24) is 5.32 Å². The third-order valence-electron chi connectivity index (χ3n) is 3.00. The molecular formula is C15H19NO2. The predicted octanol–water partition coefficient (Wildman–Crippen LogP) is 2.35. The highest BCUT2D eigenvalue weighted by Gasteiger charge is 2.14. The number of rotatable bonds is 6. The molecule has 0 aromatic heterocycles. The van der Waals surface area contributed by atoms with Gasteiger partial charge in [0.2, 0.25) is 6.79 Å². The van der Waals surface area contributed by atoms with Gasteiger partial charge in [0.1, 0.15) is 0 Å². The van der Waals surface area contributed by atoms with Gasteiger partial charge in [0, 0.05) is 0 Å². The van der Waals surface area contributed by atoms with Crippen LogP contribution in [-0.2, 0) is 6.42 Å². The average molecular weight is 245 g/mol. The average Bonchev–Trinajstić information content (AvgIpc) is 2.85. The van der Waals surface area contributed by atoms with Gasteiger partial charge < -0.3 is 14.8 Å². The molecule has 1 N–H and O–H groups in total. The van der Waals surface area contributed by atoms with E-state index >= 15 is 0 Å². The molecule has 1 aromatic rings. The quantitative estimate of drug-likeness (QED) is 0.616. The Labute approximate surface area is 108 Å². The number of ether oxygens (including phenoxy) is 2. The molecular weight excluding hydrogens is 226 g/mol. The molecule has 0 fully saturated rings. The molecule has 1 unspecified atom stereocenters. The Morgan fingerprint density at radius 1 is 1.39 bits per heavy atom. The third-order valence-corrected chi connectivity index (χ3v) is 3.00. The topological polar surface area (TPSA) is 30.5 Å². The van der Waals surface area contributed by atoms with Crippen molar-refractivity contribution in [2.45, 2.75) is 32.2 Å². The Hall–Kier alpha value is -1.66. The lowest BCUT2D eigenvalue weighted by atomic mass is 10.1. The van der Waals surface area contributed by atoms with Crippen LogP contribution in [0, 0.1) is 12.3 Å². The fraction of sp³-hybridized carbons (Fsp3) is 0.467. The molecule has 2 rings (SSSR count). The van der Waals surface area contributed by atoms with Gasteiger partial charge in [0.25, 0.3) is 0 Å². The van der Waals surface area contributed by atoms with Crippen LogP contribution in [0.3, 0.4) is 0 Å². The van der Waals surface area contributed by atoms with E-state index in [1.54, 1.807) is 0 Å². The van der Waals surface area contributed by atoms with Crippen LogP contribution in [0.1, 0.15) is 25.3 Å². The zero-order chi connectivity index (χ0) is 12.8. The number of terminal acetylenes is 1. The second-order valence-electron chi connectivity index (χ2n) is 4.42. The maximum Gasteiger partial charge on any atom is 0.231 e. The largest absolute Gasteiger partial charge is 0.454 e. The molecule has 0 bridgehead atoms. The van der Waals surface area contributed by atoms with Crippen molar-refractivity contribution in [2.24, 2.45) is 0 Å². The van der Waals surface area contributed by atoms with Crippen molar-refractivity contribution in [2.75, 3.05) is 13.3 Å². The Bertz CT molecular complexity index is 437. The summed E-state index contributed by atoms with van der Waals surface area (Å²) in [7, 11) is 0. The molecule has 0 amide bonds. The van der Waals surface area contributed by atoms with Gasteiger partial charge in [-0.2, -0.15) is 0 Å². The molecule has 0 saturated carbocycles. The van der Waals surface area contributed by atoms with Crippen LogP contribution in [-0.4, -0.2) is 19.4 Å². The Morgan fingerprint density at radius 2 is 2.22 bits per heavy atom. The molecule has 0 saturated heterocycles. The Balaban J connectivity index is 1.93. The van der Waals surface area contributed by atoms with E-state index in [2.05, 4.69) is 18.2 Å². The fourth-order valence-corrected chi connectivity index (χ4v) is 1.95. The van der Waals surface area contributed by atoms with E-state index in [0.717, 1.165) is 30.9 Å². The van der Waals surface area contributed by atoms with Crippen LogP contribution < -0.4 is 14.8 Å². The molecule has 1 atom stereocenters. The zero-order valence-electron chi connectivity index (χ0n) is 10.7. The standard InChI is InChI=1S/C15H19NO2/c1-3-5-8-16-13(4-2)9-12-6-7-14-15(10-12)18-11-17-14/h2,6-7,10,13,16H,3,5,8-9,11H2,1H3. The summed E-state index contributed by atoms with van der Waals surface area (Å²) in [5, 5.41) is 3.38. The van der Waals surface area contributed by atoms with Crippen LogP contribution in [0.4, 0.5) is 0 Å². The van der Waals surface area contributed by atoms with Gasteiger partial charge in [-0.05, 0) is 37.1 Å². The van der Waals surface area contributed by atoms with Gasteiger partial charge >= 0.3 is 0 Å². The SMILES string of the molecule is C#CC(Cc1ccc2c(c1)OCO2)NCCCC. The van der Waals surface area contributed by atoms with Gasteiger partial charge in [-0.15, -0.1) is 6.42 Å². The molecule has 3 heteroatoms. The highest BCUT2D eigenvalue weighted by molar-refractivity contribution is 5.44. The summed E-state index contributed by atoms with van der Waals surface area (Å²) >= 11 is 0. The number of benzene rings is 1. The summed E-state index contributed by atoms with van der Waals surface area (Å²) in [4.78, 5) is 0. The van der Waals surface area contributed by atoms with E-state index in [-0.39, 0.29) is 6.04 Å². The minimum absolute atomic E-state index is 0.0805. The molecule has 1 heterocycles. The first kappa shape index (κ1) is 12.8. The second-order valence-corrected chi connectivity index (χ2v) is 4.42. The first-order chi connectivity index (χ1) is 8.83. The number of unbranched alkanes of at least 4 members (excludes halogenated alkanes) is 1. The van der Waals surface area contributed by atoms with Gasteiger partial charge in [-0.3, -0.25) is 0 Å². The summed E-state index contributed by atoms with van der Waals surface area (Å²) in [6.45, 7) is 3.45. The molecule has 0 aliphatic carbocycles. The molecule has 0 radical (unpaired) electrons. The maximum atomic E-state index is 5.55. The molecule has 1 aromatic carbocycles. The zero-order valence-corrected chi connectivity index (χ0v) is 10.7. The van der Waals surface area contributed by atoms with Gasteiger partial charge in [-0.1, -0.05) is 25.3 Å². The van der Waals surface area contributed by atoms with E-state index in [0.29, 0.717) is 6.79 Å². The highest BCUT2D eigenvalue weighted by Crippen LogP contribution is 2.32. The number of hydrogen-bond donors (Lipinski definition) is 1. The summed E-state index contributed by atoms with van der Waals surface area (Å²) in [5.41, 5.74) is 1.17. The molecule has 96 valence electrons. The lowest BCUT2D eigenvalue weighted by Gasteiger charge is -2.13. The number of nitrogens with one attached hydrogen (secondary N) is 1. The first-order valence-corrected chi connectivity index (χ1v) is 6.41. The predicted molar refractivity (Wildman–Crippen MR) is 71.8 cm³/mol. The van der Waals surface area contributed by atoms with E-state index in [9.17, 15) is 0 Å². The van der Waals surface area contributed by atoms with Crippen molar-refractivity contribution in [3.63, 3.8) is 0 Å². The second kappa shape index (κ2) is 6.32. The normalized spacial score (nSPS) is 14.2. The smallest absolute Gasteiger partial charge is 0.231 e. The molecule has 18 heavy (non-hydrogen) atoms. The Kier molecular flexibility index (Phi) is 4.49. The van der Waals surface area contributed by atoms with Gasteiger partial charge in [0.05, 0.1) is 6.04 Å². The van der Waals surface area contributed by atoms with Crippen LogP contribution >= 0.6 is 0 Å². The number of fused-ring (bicyclic) bond motifs is 1. The van der Waals surface area contributed by atoms with Crippen LogP contribution in [0.25, 0.3) is 0 Å². The summed E-state index contributed by atoms with van der Waals surface area (Å²) < 4.78 is 10.6. The monoisotopic (exact) mass is 245 g/mol. The van der Waals surface area contributed by atoms with Crippen LogP contribution in [0.5, 0.6) is 11.5 Å². The van der Waals surface area contributed by atoms with E-state index in [1.165, 1.54) is 12.0 Å². The summed E-state index contributed by atoms with van der Waals surface area (Å²) in [6.07, 6.45) is 8.69. The van der Waals surface area contributed by atoms with E-state index < -0.39 is 0 Å². The van der Waals surface area contributed by atoms with Gasteiger partial charge in [0.15, 0.2) is 11.5 Å². The van der Waals surface area contributed by atoms with Crippen molar-refractivity contribution in [1.29, 1.82) is 0 Å². The van der Waals surface area contributed by atoms with Crippen LogP contribution in [0.15, 0.2) is 18.2 Å².